The number of rotatable bonds is 8. The largest absolute Gasteiger partial charge is 0.493 e. The number of aryl methyl sites for hydroxylation is 1. The Labute approximate surface area is 162 Å². The van der Waals surface area contributed by atoms with Crippen LogP contribution in [0.2, 0.25) is 0 Å². The van der Waals surface area contributed by atoms with Gasteiger partial charge in [0.05, 0.1) is 26.0 Å². The molecule has 0 unspecified atom stereocenters. The summed E-state index contributed by atoms with van der Waals surface area (Å²) in [4.78, 5) is 0. The minimum atomic E-state index is 0. The van der Waals surface area contributed by atoms with E-state index in [-0.39, 0.29) is 12.4 Å². The van der Waals surface area contributed by atoms with Gasteiger partial charge < -0.3 is 14.8 Å². The van der Waals surface area contributed by atoms with Gasteiger partial charge in [0.2, 0.25) is 0 Å². The molecule has 5 nitrogen and oxygen atoms in total. The van der Waals surface area contributed by atoms with Crippen LogP contribution in [0.1, 0.15) is 48.5 Å². The lowest BCUT2D eigenvalue weighted by molar-refractivity contribution is 0.354. The molecule has 144 valence electrons. The molecule has 1 aromatic heterocycles. The zero-order valence-corrected chi connectivity index (χ0v) is 16.8. The number of aromatic nitrogens is 2. The molecule has 0 aliphatic heterocycles. The predicted molar refractivity (Wildman–Crippen MR) is 107 cm³/mol. The monoisotopic (exact) mass is 379 g/mol. The molecule has 0 atom stereocenters. The van der Waals surface area contributed by atoms with Crippen LogP contribution in [0.3, 0.4) is 0 Å². The maximum atomic E-state index is 5.36. The number of nitrogens with one attached hydrogen (secondary N) is 1. The number of halogens is 1. The Kier molecular flexibility index (Phi) is 7.79. The SMILES string of the molecule is COc1ccc(CCNCc2cn(C3CCCC3)nc2C)cc1OC.Cl. The van der Waals surface area contributed by atoms with Crippen LogP contribution >= 0.6 is 12.4 Å². The molecule has 6 heteroatoms. The van der Waals surface area contributed by atoms with Gasteiger partial charge in [-0.1, -0.05) is 18.9 Å². The first-order valence-corrected chi connectivity index (χ1v) is 9.17. The third-order valence-corrected chi connectivity index (χ3v) is 5.07. The second-order valence-corrected chi connectivity index (χ2v) is 6.77. The van der Waals surface area contributed by atoms with Crippen LogP contribution in [0.15, 0.2) is 24.4 Å². The molecule has 0 bridgehead atoms. The third kappa shape index (κ3) is 4.92. The predicted octanol–water partition coefficient (Wildman–Crippen LogP) is 4.08. The summed E-state index contributed by atoms with van der Waals surface area (Å²) in [6.07, 6.45) is 8.40. The summed E-state index contributed by atoms with van der Waals surface area (Å²) < 4.78 is 12.8. The first-order chi connectivity index (χ1) is 12.2. The van der Waals surface area contributed by atoms with E-state index in [0.29, 0.717) is 6.04 Å². The smallest absolute Gasteiger partial charge is 0.160 e. The maximum absolute atomic E-state index is 5.36. The van der Waals surface area contributed by atoms with Gasteiger partial charge in [-0.2, -0.15) is 5.10 Å². The van der Waals surface area contributed by atoms with E-state index in [0.717, 1.165) is 36.7 Å². The fourth-order valence-electron chi connectivity index (χ4n) is 3.54. The molecule has 2 aromatic rings. The molecule has 0 radical (unpaired) electrons. The van der Waals surface area contributed by atoms with Gasteiger partial charge >= 0.3 is 0 Å². The lowest BCUT2D eigenvalue weighted by atomic mass is 10.1. The normalized spacial score (nSPS) is 14.3. The highest BCUT2D eigenvalue weighted by atomic mass is 35.5. The van der Waals surface area contributed by atoms with Crippen LogP contribution in [-0.2, 0) is 13.0 Å². The molecule has 26 heavy (non-hydrogen) atoms. The molecule has 3 rings (SSSR count). The van der Waals surface area contributed by atoms with Gasteiger partial charge in [0.1, 0.15) is 0 Å². The Morgan fingerprint density at radius 3 is 2.58 bits per heavy atom. The molecule has 1 saturated carbocycles. The number of nitrogens with zero attached hydrogens (tertiary/aromatic N) is 2. The van der Waals surface area contributed by atoms with Crippen molar-refractivity contribution in [2.24, 2.45) is 0 Å². The van der Waals surface area contributed by atoms with Gasteiger partial charge in [-0.3, -0.25) is 4.68 Å². The zero-order chi connectivity index (χ0) is 17.6. The minimum Gasteiger partial charge on any atom is -0.493 e. The summed E-state index contributed by atoms with van der Waals surface area (Å²) in [5.41, 5.74) is 3.69. The quantitative estimate of drug-likeness (QED) is 0.702. The van der Waals surface area contributed by atoms with Gasteiger partial charge in [0, 0.05) is 18.3 Å². The van der Waals surface area contributed by atoms with Crippen LogP contribution < -0.4 is 14.8 Å². The van der Waals surface area contributed by atoms with Crippen LogP contribution in [0.25, 0.3) is 0 Å². The van der Waals surface area contributed by atoms with E-state index in [1.807, 2.05) is 12.1 Å². The average molecular weight is 380 g/mol. The van der Waals surface area contributed by atoms with Gasteiger partial charge in [-0.15, -0.1) is 12.4 Å². The highest BCUT2D eigenvalue weighted by Crippen LogP contribution is 2.29. The highest BCUT2D eigenvalue weighted by molar-refractivity contribution is 5.85. The lowest BCUT2D eigenvalue weighted by Gasteiger charge is -2.10. The van der Waals surface area contributed by atoms with Crippen molar-refractivity contribution in [1.82, 2.24) is 15.1 Å². The Bertz CT molecular complexity index is 696. The first kappa shape index (κ1) is 20.6. The zero-order valence-electron chi connectivity index (χ0n) is 16.0. The van der Waals surface area contributed by atoms with E-state index in [9.17, 15) is 0 Å². The van der Waals surface area contributed by atoms with E-state index in [1.165, 1.54) is 36.8 Å². The van der Waals surface area contributed by atoms with Crippen LogP contribution in [0.4, 0.5) is 0 Å². The molecule has 1 aliphatic rings. The van der Waals surface area contributed by atoms with Crippen molar-refractivity contribution < 1.29 is 9.47 Å². The molecule has 0 saturated heterocycles. The summed E-state index contributed by atoms with van der Waals surface area (Å²) >= 11 is 0. The molecule has 1 fully saturated rings. The van der Waals surface area contributed by atoms with Gasteiger partial charge in [-0.05, 0) is 50.4 Å². The molecule has 1 N–H and O–H groups in total. The number of hydrogen-bond donors (Lipinski definition) is 1. The molecular weight excluding hydrogens is 350 g/mol. The fraction of sp³-hybridized carbons (Fsp3) is 0.550. The number of benzene rings is 1. The Morgan fingerprint density at radius 2 is 1.88 bits per heavy atom. The number of methoxy groups -OCH3 is 2. The Balaban J connectivity index is 0.00000243. The highest BCUT2D eigenvalue weighted by Gasteiger charge is 2.18. The van der Waals surface area contributed by atoms with Crippen LogP contribution in [0.5, 0.6) is 11.5 Å². The van der Waals surface area contributed by atoms with Gasteiger partial charge in [-0.25, -0.2) is 0 Å². The van der Waals surface area contributed by atoms with Crippen LogP contribution in [-0.4, -0.2) is 30.5 Å². The Hall–Kier alpha value is -1.72. The van der Waals surface area contributed by atoms with E-state index in [4.69, 9.17) is 14.6 Å². The van der Waals surface area contributed by atoms with Crippen molar-refractivity contribution >= 4 is 12.4 Å². The van der Waals surface area contributed by atoms with E-state index in [2.05, 4.69) is 29.2 Å². The second-order valence-electron chi connectivity index (χ2n) is 6.77. The second kappa shape index (κ2) is 9.83. The first-order valence-electron chi connectivity index (χ1n) is 9.17. The van der Waals surface area contributed by atoms with Crippen molar-refractivity contribution in [3.8, 4) is 11.5 Å². The Morgan fingerprint density at radius 1 is 1.15 bits per heavy atom. The summed E-state index contributed by atoms with van der Waals surface area (Å²) in [5.74, 6) is 1.56. The standard InChI is InChI=1S/C20H29N3O2.ClH/c1-15-17(14-23(22-15)18-6-4-5-7-18)13-21-11-10-16-8-9-19(24-2)20(12-16)25-3;/h8-9,12,14,18,21H,4-7,10-11,13H2,1-3H3;1H. The minimum absolute atomic E-state index is 0. The molecule has 1 aromatic carbocycles. The average Bonchev–Trinajstić information content (AvgIpc) is 3.28. The number of ether oxygens (including phenoxy) is 2. The van der Waals surface area contributed by atoms with Crippen LogP contribution in [0, 0.1) is 6.92 Å². The third-order valence-electron chi connectivity index (χ3n) is 5.07. The van der Waals surface area contributed by atoms with Crippen molar-refractivity contribution in [1.29, 1.82) is 0 Å². The van der Waals surface area contributed by atoms with Crippen molar-refractivity contribution in [3.63, 3.8) is 0 Å². The fourth-order valence-corrected chi connectivity index (χ4v) is 3.54. The molecule has 0 amide bonds. The lowest BCUT2D eigenvalue weighted by Crippen LogP contribution is -2.17. The molecule has 1 aliphatic carbocycles. The summed E-state index contributed by atoms with van der Waals surface area (Å²) in [6.45, 7) is 3.90. The number of hydrogen-bond acceptors (Lipinski definition) is 4. The van der Waals surface area contributed by atoms with Crippen molar-refractivity contribution in [2.45, 2.75) is 51.6 Å². The van der Waals surface area contributed by atoms with Gasteiger partial charge in [0.15, 0.2) is 11.5 Å². The maximum Gasteiger partial charge on any atom is 0.160 e. The van der Waals surface area contributed by atoms with Crippen molar-refractivity contribution in [2.75, 3.05) is 20.8 Å². The summed E-state index contributed by atoms with van der Waals surface area (Å²) in [5, 5.41) is 8.25. The molecular formula is C20H30ClN3O2. The van der Waals surface area contributed by atoms with E-state index < -0.39 is 0 Å². The van der Waals surface area contributed by atoms with E-state index in [1.54, 1.807) is 14.2 Å². The molecule has 1 heterocycles. The molecule has 0 spiro atoms. The van der Waals surface area contributed by atoms with Crippen molar-refractivity contribution in [3.05, 3.63) is 41.2 Å². The van der Waals surface area contributed by atoms with E-state index >= 15 is 0 Å². The summed E-state index contributed by atoms with van der Waals surface area (Å²) in [7, 11) is 3.33. The summed E-state index contributed by atoms with van der Waals surface area (Å²) in [6, 6.07) is 6.71. The van der Waals surface area contributed by atoms with Gasteiger partial charge in [0.25, 0.3) is 0 Å². The topological polar surface area (TPSA) is 48.3 Å².